The van der Waals surface area contributed by atoms with Gasteiger partial charge < -0.3 is 15.8 Å². The summed E-state index contributed by atoms with van der Waals surface area (Å²) in [6.45, 7) is 0.995. The van der Waals surface area contributed by atoms with Crippen molar-refractivity contribution in [2.24, 2.45) is 5.73 Å². The molecule has 1 saturated heterocycles. The summed E-state index contributed by atoms with van der Waals surface area (Å²) >= 11 is 1.40. The number of carbonyl (C=O) groups is 1. The molecule has 1 fully saturated rings. The molecule has 0 bridgehead atoms. The minimum atomic E-state index is -0.888. The number of nitrogens with two attached hydrogens (primary N) is 1. The number of rotatable bonds is 4. The van der Waals surface area contributed by atoms with Crippen LogP contribution in [-0.4, -0.2) is 29.6 Å². The Bertz CT molecular complexity index is 687. The minimum Gasteiger partial charge on any atom is -0.381 e. The predicted octanol–water partition coefficient (Wildman–Crippen LogP) is 2.74. The Balaban J connectivity index is 0.00000208. The summed E-state index contributed by atoms with van der Waals surface area (Å²) in [7, 11) is 0. The first-order valence-corrected chi connectivity index (χ1v) is 8.24. The van der Waals surface area contributed by atoms with Crippen molar-refractivity contribution in [1.82, 2.24) is 4.98 Å². The third-order valence-corrected chi connectivity index (χ3v) is 4.82. The van der Waals surface area contributed by atoms with Crippen LogP contribution < -0.4 is 11.1 Å². The zero-order valence-corrected chi connectivity index (χ0v) is 14.6. The maximum absolute atomic E-state index is 12.9. The van der Waals surface area contributed by atoms with Crippen LogP contribution in [0, 0.1) is 5.82 Å². The van der Waals surface area contributed by atoms with E-state index in [1.165, 1.54) is 23.5 Å². The van der Waals surface area contributed by atoms with Crippen molar-refractivity contribution in [1.29, 1.82) is 0 Å². The number of carbonyl (C=O) groups excluding carboxylic acids is 1. The van der Waals surface area contributed by atoms with Crippen LogP contribution in [-0.2, 0) is 16.0 Å². The van der Waals surface area contributed by atoms with E-state index in [-0.39, 0.29) is 24.1 Å². The van der Waals surface area contributed by atoms with Gasteiger partial charge in [0.25, 0.3) is 0 Å². The van der Waals surface area contributed by atoms with Gasteiger partial charge in [-0.05, 0) is 30.5 Å². The van der Waals surface area contributed by atoms with Crippen LogP contribution in [0.15, 0.2) is 30.5 Å². The number of ether oxygens (including phenoxy) is 1. The fourth-order valence-electron chi connectivity index (χ4n) is 2.43. The normalized spacial score (nSPS) is 16.2. The molecule has 1 amide bonds. The lowest BCUT2D eigenvalue weighted by Crippen LogP contribution is -2.54. The summed E-state index contributed by atoms with van der Waals surface area (Å²) in [4.78, 5) is 17.5. The van der Waals surface area contributed by atoms with Gasteiger partial charge in [0.2, 0.25) is 5.91 Å². The molecule has 0 spiro atoms. The van der Waals surface area contributed by atoms with Gasteiger partial charge in [0.1, 0.15) is 11.4 Å². The van der Waals surface area contributed by atoms with E-state index in [1.807, 2.05) is 0 Å². The van der Waals surface area contributed by atoms with E-state index in [2.05, 4.69) is 10.3 Å². The smallest absolute Gasteiger partial charge is 0.246 e. The number of hydrogen-bond acceptors (Lipinski definition) is 5. The van der Waals surface area contributed by atoms with Crippen molar-refractivity contribution in [3.8, 4) is 0 Å². The second kappa shape index (κ2) is 8.02. The molecule has 1 aromatic carbocycles. The monoisotopic (exact) mass is 371 g/mol. The zero-order chi connectivity index (χ0) is 16.3. The number of hydrogen-bond donors (Lipinski definition) is 2. The molecular formula is C16H19ClFN3O2S. The van der Waals surface area contributed by atoms with Gasteiger partial charge in [-0.15, -0.1) is 23.7 Å². The maximum Gasteiger partial charge on any atom is 0.246 e. The molecule has 0 aliphatic carbocycles. The fraction of sp³-hybridized carbons (Fsp3) is 0.375. The molecule has 0 radical (unpaired) electrons. The maximum atomic E-state index is 12.9. The molecule has 24 heavy (non-hydrogen) atoms. The van der Waals surface area contributed by atoms with Crippen LogP contribution in [0.4, 0.5) is 9.52 Å². The summed E-state index contributed by atoms with van der Waals surface area (Å²) in [5.41, 5.74) is 6.25. The van der Waals surface area contributed by atoms with E-state index in [0.717, 1.165) is 10.4 Å². The highest BCUT2D eigenvalue weighted by molar-refractivity contribution is 7.15. The van der Waals surface area contributed by atoms with E-state index in [1.54, 1.807) is 18.3 Å². The van der Waals surface area contributed by atoms with Crippen LogP contribution in [0.2, 0.25) is 0 Å². The number of nitrogens with one attached hydrogen (secondary N) is 1. The molecule has 3 N–H and O–H groups in total. The summed E-state index contributed by atoms with van der Waals surface area (Å²) in [5.74, 6) is -0.473. The van der Waals surface area contributed by atoms with Crippen LogP contribution in [0.25, 0.3) is 0 Å². The molecule has 130 valence electrons. The van der Waals surface area contributed by atoms with Crippen molar-refractivity contribution in [3.63, 3.8) is 0 Å². The van der Waals surface area contributed by atoms with Gasteiger partial charge in [-0.2, -0.15) is 0 Å². The minimum absolute atomic E-state index is 0. The molecule has 0 atom stereocenters. The summed E-state index contributed by atoms with van der Waals surface area (Å²) in [6, 6.07) is 6.35. The Morgan fingerprint density at radius 3 is 2.67 bits per heavy atom. The first-order valence-electron chi connectivity index (χ1n) is 7.42. The van der Waals surface area contributed by atoms with E-state index >= 15 is 0 Å². The Morgan fingerprint density at radius 1 is 1.33 bits per heavy atom. The van der Waals surface area contributed by atoms with Crippen LogP contribution in [0.1, 0.15) is 23.3 Å². The lowest BCUT2D eigenvalue weighted by Gasteiger charge is -2.31. The highest BCUT2D eigenvalue weighted by atomic mass is 35.5. The number of anilines is 1. The third-order valence-electron chi connectivity index (χ3n) is 3.90. The lowest BCUT2D eigenvalue weighted by atomic mass is 9.90. The van der Waals surface area contributed by atoms with Gasteiger partial charge in [0.05, 0.1) is 0 Å². The topological polar surface area (TPSA) is 77.2 Å². The largest absolute Gasteiger partial charge is 0.381 e. The number of thiazole rings is 1. The third kappa shape index (κ3) is 4.51. The molecule has 1 aromatic heterocycles. The number of halogens is 2. The van der Waals surface area contributed by atoms with E-state index in [9.17, 15) is 9.18 Å². The van der Waals surface area contributed by atoms with E-state index in [4.69, 9.17) is 10.5 Å². The fourth-order valence-corrected chi connectivity index (χ4v) is 3.28. The molecular weight excluding hydrogens is 353 g/mol. The van der Waals surface area contributed by atoms with Gasteiger partial charge >= 0.3 is 0 Å². The number of benzene rings is 1. The molecule has 3 rings (SSSR count). The second-order valence-corrected chi connectivity index (χ2v) is 6.77. The van der Waals surface area contributed by atoms with Crippen LogP contribution >= 0.6 is 23.7 Å². The van der Waals surface area contributed by atoms with E-state index in [0.29, 0.717) is 37.6 Å². The number of amides is 1. The first-order chi connectivity index (χ1) is 11.0. The lowest BCUT2D eigenvalue weighted by molar-refractivity contribution is -0.124. The molecule has 1 aliphatic heterocycles. The van der Waals surface area contributed by atoms with Crippen molar-refractivity contribution in [2.75, 3.05) is 18.5 Å². The van der Waals surface area contributed by atoms with Gasteiger partial charge in [-0.3, -0.25) is 4.79 Å². The summed E-state index contributed by atoms with van der Waals surface area (Å²) in [6.07, 6.45) is 3.38. The predicted molar refractivity (Wildman–Crippen MR) is 94.2 cm³/mol. The molecule has 8 heteroatoms. The molecule has 0 unspecified atom stereocenters. The molecule has 5 nitrogen and oxygen atoms in total. The van der Waals surface area contributed by atoms with Crippen LogP contribution in [0.5, 0.6) is 0 Å². The van der Waals surface area contributed by atoms with Gasteiger partial charge in [-0.25, -0.2) is 9.37 Å². The van der Waals surface area contributed by atoms with Gasteiger partial charge in [0.15, 0.2) is 5.13 Å². The Kier molecular flexibility index (Phi) is 6.28. The van der Waals surface area contributed by atoms with Gasteiger partial charge in [-0.1, -0.05) is 12.1 Å². The summed E-state index contributed by atoms with van der Waals surface area (Å²) in [5, 5.41) is 3.33. The summed E-state index contributed by atoms with van der Waals surface area (Å²) < 4.78 is 18.2. The van der Waals surface area contributed by atoms with E-state index < -0.39 is 5.54 Å². The molecule has 2 heterocycles. The Hall–Kier alpha value is -1.54. The van der Waals surface area contributed by atoms with Crippen molar-refractivity contribution >= 4 is 34.8 Å². The standard InChI is InChI=1S/C16H18FN3O2S.ClH/c17-12-3-1-11(2-4-12)9-13-10-19-15(23-13)20-14(21)16(18)5-7-22-8-6-16;/h1-4,10H,5-9,18H2,(H,19,20,21);1H. The highest BCUT2D eigenvalue weighted by Gasteiger charge is 2.36. The average molecular weight is 372 g/mol. The van der Waals surface area contributed by atoms with Gasteiger partial charge in [0, 0.05) is 30.7 Å². The van der Waals surface area contributed by atoms with Crippen molar-refractivity contribution in [2.45, 2.75) is 24.8 Å². The molecule has 1 aliphatic rings. The Morgan fingerprint density at radius 2 is 2.00 bits per heavy atom. The number of aromatic nitrogens is 1. The van der Waals surface area contributed by atoms with Crippen molar-refractivity contribution in [3.05, 3.63) is 46.7 Å². The first kappa shape index (κ1) is 18.8. The SMILES string of the molecule is Cl.NC1(C(=O)Nc2ncc(Cc3ccc(F)cc3)s2)CCOCC1. The van der Waals surface area contributed by atoms with Crippen molar-refractivity contribution < 1.29 is 13.9 Å². The number of nitrogens with zero attached hydrogens (tertiary/aromatic N) is 1. The Labute approximate surface area is 149 Å². The molecule has 0 saturated carbocycles. The van der Waals surface area contributed by atoms with Crippen LogP contribution in [0.3, 0.4) is 0 Å². The highest BCUT2D eigenvalue weighted by Crippen LogP contribution is 2.24. The quantitative estimate of drug-likeness (QED) is 0.866. The zero-order valence-electron chi connectivity index (χ0n) is 13.0. The average Bonchev–Trinajstić information content (AvgIpc) is 2.97. The second-order valence-electron chi connectivity index (χ2n) is 5.66. The molecule has 2 aromatic rings.